The average molecular weight is 489 g/mol. The average Bonchev–Trinajstić information content (AvgIpc) is 3.30. The summed E-state index contributed by atoms with van der Waals surface area (Å²) in [7, 11) is 0. The molecule has 0 unspecified atom stereocenters. The largest absolute Gasteiger partial charge is 0.349 e. The fourth-order valence-electron chi connectivity index (χ4n) is 8.41. The Bertz CT molecular complexity index is 1380. The van der Waals surface area contributed by atoms with Crippen molar-refractivity contribution < 1.29 is 0 Å². The molecule has 8 nitrogen and oxygen atoms in total. The molecule has 36 heavy (non-hydrogen) atoms. The Hall–Kier alpha value is -2.74. The van der Waals surface area contributed by atoms with Crippen LogP contribution in [0.1, 0.15) is 77.2 Å². The SMILES string of the molecule is C[C@@H]1CC[C@H]2C[C@@H](n3c(=O)c(-n4nc[nH]c4=O)nc4ccccc43)C[C@@H]1N2[C@H]1C[C@@H]2CCC[C@@H](C2)C1. The Morgan fingerprint density at radius 3 is 2.47 bits per heavy atom. The third kappa shape index (κ3) is 3.59. The molecule has 1 aromatic carbocycles. The fraction of sp³-hybridized carbons (Fsp3) is 0.643. The molecule has 1 N–H and O–H groups in total. The smallest absolute Gasteiger partial charge is 0.300 e. The van der Waals surface area contributed by atoms with Gasteiger partial charge in [-0.15, -0.1) is 0 Å². The zero-order valence-corrected chi connectivity index (χ0v) is 21.1. The molecule has 190 valence electrons. The minimum absolute atomic E-state index is 0.0840. The van der Waals surface area contributed by atoms with E-state index >= 15 is 0 Å². The molecular formula is C28H36N6O2. The van der Waals surface area contributed by atoms with Gasteiger partial charge in [-0.25, -0.2) is 9.78 Å². The molecule has 2 saturated carbocycles. The van der Waals surface area contributed by atoms with Gasteiger partial charge in [0.25, 0.3) is 5.56 Å². The van der Waals surface area contributed by atoms with Gasteiger partial charge in [0.2, 0.25) is 5.82 Å². The number of nitrogens with one attached hydrogen (secondary N) is 1. The molecule has 4 bridgehead atoms. The van der Waals surface area contributed by atoms with E-state index in [4.69, 9.17) is 0 Å². The van der Waals surface area contributed by atoms with Crippen LogP contribution in [0.15, 0.2) is 40.2 Å². The second-order valence-corrected chi connectivity index (χ2v) is 12.0. The quantitative estimate of drug-likeness (QED) is 0.601. The van der Waals surface area contributed by atoms with Crippen LogP contribution in [0.2, 0.25) is 0 Å². The lowest BCUT2D eigenvalue weighted by Crippen LogP contribution is -2.61. The number of H-pyrrole nitrogens is 1. The standard InChI is InChI=1S/C28H36N6O2/c1-17-9-10-20-14-22(15-25(17)32(20)21-12-18-5-4-6-19(11-18)13-21)33-24-8-3-2-7-23(24)31-26(27(33)35)34-28(36)29-16-30-34/h2-3,7-8,16-22,25H,4-6,9-15H2,1H3,(H,29,30,36)/t17-,18-,19+,20+,21+,22-,25+/m1/s1. The van der Waals surface area contributed by atoms with E-state index < -0.39 is 5.69 Å². The number of para-hydroxylation sites is 2. The number of benzene rings is 1. The second kappa shape index (κ2) is 8.68. The first-order chi connectivity index (χ1) is 17.6. The van der Waals surface area contributed by atoms with Crippen LogP contribution in [0.25, 0.3) is 16.9 Å². The van der Waals surface area contributed by atoms with E-state index in [-0.39, 0.29) is 17.4 Å². The number of aromatic amines is 1. The molecule has 7 rings (SSSR count). The summed E-state index contributed by atoms with van der Waals surface area (Å²) in [4.78, 5) is 36.3. The molecule has 2 aliphatic heterocycles. The topological polar surface area (TPSA) is 88.8 Å². The highest BCUT2D eigenvalue weighted by atomic mass is 16.2. The molecule has 0 amide bonds. The number of aromatic nitrogens is 5. The van der Waals surface area contributed by atoms with E-state index in [2.05, 4.69) is 26.9 Å². The predicted molar refractivity (Wildman–Crippen MR) is 138 cm³/mol. The summed E-state index contributed by atoms with van der Waals surface area (Å²) in [5, 5.41) is 4.07. The third-order valence-corrected chi connectivity index (χ3v) is 9.90. The summed E-state index contributed by atoms with van der Waals surface area (Å²) >= 11 is 0. The molecule has 4 aliphatic rings. The van der Waals surface area contributed by atoms with Gasteiger partial charge in [0, 0.05) is 24.2 Å². The predicted octanol–water partition coefficient (Wildman–Crippen LogP) is 4.04. The summed E-state index contributed by atoms with van der Waals surface area (Å²) < 4.78 is 3.05. The van der Waals surface area contributed by atoms with E-state index in [1.54, 1.807) is 0 Å². The lowest BCUT2D eigenvalue weighted by atomic mass is 9.67. The highest BCUT2D eigenvalue weighted by molar-refractivity contribution is 5.75. The van der Waals surface area contributed by atoms with Crippen LogP contribution < -0.4 is 11.2 Å². The van der Waals surface area contributed by atoms with Crippen molar-refractivity contribution in [2.45, 2.75) is 95.3 Å². The number of fused-ring (bicyclic) bond motifs is 5. The van der Waals surface area contributed by atoms with Crippen molar-refractivity contribution in [3.05, 3.63) is 51.4 Å². The number of hydrogen-bond donors (Lipinski definition) is 1. The molecule has 7 atom stereocenters. The minimum Gasteiger partial charge on any atom is -0.300 e. The summed E-state index contributed by atoms with van der Waals surface area (Å²) in [6, 6.07) is 9.64. The van der Waals surface area contributed by atoms with Crippen molar-refractivity contribution in [1.82, 2.24) is 29.2 Å². The first-order valence-corrected chi connectivity index (χ1v) is 14.0. The van der Waals surface area contributed by atoms with Crippen molar-refractivity contribution >= 4 is 11.0 Å². The van der Waals surface area contributed by atoms with Crippen LogP contribution in [-0.4, -0.2) is 47.3 Å². The zero-order chi connectivity index (χ0) is 24.4. The van der Waals surface area contributed by atoms with Crippen molar-refractivity contribution in [2.24, 2.45) is 17.8 Å². The lowest BCUT2D eigenvalue weighted by Gasteiger charge is -2.57. The van der Waals surface area contributed by atoms with Crippen LogP contribution in [0.4, 0.5) is 0 Å². The summed E-state index contributed by atoms with van der Waals surface area (Å²) in [6.45, 7) is 2.42. The summed E-state index contributed by atoms with van der Waals surface area (Å²) in [5.74, 6) is 2.54. The number of rotatable bonds is 3. The van der Waals surface area contributed by atoms with E-state index in [0.29, 0.717) is 24.0 Å². The molecule has 4 heterocycles. The van der Waals surface area contributed by atoms with Gasteiger partial charge in [0.15, 0.2) is 0 Å². The van der Waals surface area contributed by atoms with E-state index in [1.807, 2.05) is 28.8 Å². The highest BCUT2D eigenvalue weighted by Crippen LogP contribution is 2.48. The molecule has 2 aromatic heterocycles. The number of piperidine rings is 2. The van der Waals surface area contributed by atoms with Crippen molar-refractivity contribution in [2.75, 3.05) is 0 Å². The van der Waals surface area contributed by atoms with Crippen LogP contribution in [-0.2, 0) is 0 Å². The third-order valence-electron chi connectivity index (χ3n) is 9.90. The maximum Gasteiger partial charge on any atom is 0.349 e. The molecule has 4 fully saturated rings. The Morgan fingerprint density at radius 1 is 0.889 bits per heavy atom. The van der Waals surface area contributed by atoms with Gasteiger partial charge in [-0.3, -0.25) is 14.7 Å². The first-order valence-electron chi connectivity index (χ1n) is 14.0. The molecule has 0 spiro atoms. The van der Waals surface area contributed by atoms with Crippen LogP contribution in [0, 0.1) is 17.8 Å². The lowest BCUT2D eigenvalue weighted by molar-refractivity contribution is -0.0693. The van der Waals surface area contributed by atoms with Crippen LogP contribution in [0.3, 0.4) is 0 Å². The second-order valence-electron chi connectivity index (χ2n) is 12.0. The van der Waals surface area contributed by atoms with Crippen molar-refractivity contribution in [1.29, 1.82) is 0 Å². The fourth-order valence-corrected chi connectivity index (χ4v) is 8.41. The Labute approximate surface area is 210 Å². The van der Waals surface area contributed by atoms with Gasteiger partial charge in [0.1, 0.15) is 6.33 Å². The molecule has 8 heteroatoms. The summed E-state index contributed by atoms with van der Waals surface area (Å²) in [5.41, 5.74) is 0.915. The first kappa shape index (κ1) is 22.5. The van der Waals surface area contributed by atoms with E-state index in [0.717, 1.165) is 40.4 Å². The van der Waals surface area contributed by atoms with Gasteiger partial charge < -0.3 is 4.57 Å². The molecule has 2 aliphatic carbocycles. The molecule has 3 aromatic rings. The van der Waals surface area contributed by atoms with Crippen LogP contribution >= 0.6 is 0 Å². The van der Waals surface area contributed by atoms with Gasteiger partial charge in [-0.1, -0.05) is 38.3 Å². The zero-order valence-electron chi connectivity index (χ0n) is 21.1. The molecular weight excluding hydrogens is 452 g/mol. The minimum atomic E-state index is -0.440. The van der Waals surface area contributed by atoms with Crippen molar-refractivity contribution in [3.63, 3.8) is 0 Å². The molecule has 2 saturated heterocycles. The van der Waals surface area contributed by atoms with Crippen molar-refractivity contribution in [3.8, 4) is 5.82 Å². The number of nitrogens with zero attached hydrogens (tertiary/aromatic N) is 5. The molecule has 0 radical (unpaired) electrons. The number of hydrogen-bond acceptors (Lipinski definition) is 5. The van der Waals surface area contributed by atoms with Gasteiger partial charge in [-0.05, 0) is 74.8 Å². The Kier molecular flexibility index (Phi) is 5.42. The van der Waals surface area contributed by atoms with Crippen LogP contribution in [0.5, 0.6) is 0 Å². The maximum absolute atomic E-state index is 13.9. The van der Waals surface area contributed by atoms with E-state index in [9.17, 15) is 9.59 Å². The Morgan fingerprint density at radius 2 is 1.69 bits per heavy atom. The monoisotopic (exact) mass is 488 g/mol. The summed E-state index contributed by atoms with van der Waals surface area (Å²) in [6.07, 6.45) is 14.2. The normalized spacial score (nSPS) is 34.6. The highest BCUT2D eigenvalue weighted by Gasteiger charge is 2.47. The Balaban J connectivity index is 1.29. The van der Waals surface area contributed by atoms with Gasteiger partial charge >= 0.3 is 5.69 Å². The van der Waals surface area contributed by atoms with Gasteiger partial charge in [0.05, 0.1) is 11.0 Å². The van der Waals surface area contributed by atoms with E-state index in [1.165, 1.54) is 57.7 Å². The maximum atomic E-state index is 13.9. The van der Waals surface area contributed by atoms with Gasteiger partial charge in [-0.2, -0.15) is 9.78 Å².